The molecule has 2 unspecified atom stereocenters. The van der Waals surface area contributed by atoms with E-state index in [0.29, 0.717) is 6.04 Å². The Balaban J connectivity index is 2.44. The number of nitrogens with zero attached hydrogens (tertiary/aromatic N) is 3. The minimum Gasteiger partial charge on any atom is -0.326 e. The normalized spacial score (nSPS) is 25.9. The van der Waals surface area contributed by atoms with Crippen LogP contribution in [0.1, 0.15) is 51.4 Å². The van der Waals surface area contributed by atoms with E-state index in [1.165, 1.54) is 11.3 Å². The molecule has 1 aliphatic rings. The third kappa shape index (κ3) is 2.31. The van der Waals surface area contributed by atoms with E-state index in [0.717, 1.165) is 19.5 Å². The summed E-state index contributed by atoms with van der Waals surface area (Å²) in [7, 11) is 2.00. The highest BCUT2D eigenvalue weighted by Crippen LogP contribution is 2.36. The standard InChI is InChI=1S/C14H26N4/c1-6-18-8-7-11(15)12(18)10-9-17(5)16-13(10)14(2,3)4/h9,11-12H,6-8,15H2,1-5H3. The Labute approximate surface area is 110 Å². The van der Waals surface area contributed by atoms with Crippen molar-refractivity contribution in [2.45, 2.75) is 51.6 Å². The number of nitrogens with two attached hydrogens (primary N) is 1. The summed E-state index contributed by atoms with van der Waals surface area (Å²) in [6, 6.07) is 0.563. The van der Waals surface area contributed by atoms with E-state index >= 15 is 0 Å². The molecule has 1 aromatic heterocycles. The zero-order valence-corrected chi connectivity index (χ0v) is 12.3. The van der Waals surface area contributed by atoms with Gasteiger partial charge in [-0.25, -0.2) is 0 Å². The number of rotatable bonds is 2. The predicted octanol–water partition coefficient (Wildman–Crippen LogP) is 1.81. The van der Waals surface area contributed by atoms with E-state index < -0.39 is 0 Å². The SMILES string of the molecule is CCN1CCC(N)C1c1cn(C)nc1C(C)(C)C. The van der Waals surface area contributed by atoms with Crippen molar-refractivity contribution in [3.05, 3.63) is 17.5 Å². The highest BCUT2D eigenvalue weighted by atomic mass is 15.3. The number of aromatic nitrogens is 2. The van der Waals surface area contributed by atoms with Gasteiger partial charge in [0.25, 0.3) is 0 Å². The van der Waals surface area contributed by atoms with Gasteiger partial charge in [0, 0.05) is 36.8 Å². The average Bonchev–Trinajstić information content (AvgIpc) is 2.80. The Morgan fingerprint density at radius 1 is 1.44 bits per heavy atom. The first-order chi connectivity index (χ1) is 8.34. The summed E-state index contributed by atoms with van der Waals surface area (Å²) >= 11 is 0. The van der Waals surface area contributed by atoms with Gasteiger partial charge in [0.1, 0.15) is 0 Å². The molecule has 102 valence electrons. The molecule has 0 radical (unpaired) electrons. The molecule has 0 aliphatic carbocycles. The molecule has 2 heterocycles. The summed E-state index contributed by atoms with van der Waals surface area (Å²) in [5, 5.41) is 4.66. The van der Waals surface area contributed by atoms with Crippen LogP contribution in [0.15, 0.2) is 6.20 Å². The van der Waals surface area contributed by atoms with Crippen LogP contribution in [-0.4, -0.2) is 33.8 Å². The Bertz CT molecular complexity index is 416. The minimum atomic E-state index is 0.0678. The first kappa shape index (κ1) is 13.6. The molecule has 1 aromatic rings. The summed E-state index contributed by atoms with van der Waals surface area (Å²) in [5.74, 6) is 0. The van der Waals surface area contributed by atoms with Gasteiger partial charge in [0.05, 0.1) is 11.7 Å². The maximum Gasteiger partial charge on any atom is 0.0726 e. The van der Waals surface area contributed by atoms with Gasteiger partial charge in [-0.1, -0.05) is 27.7 Å². The first-order valence-electron chi connectivity index (χ1n) is 6.88. The van der Waals surface area contributed by atoms with Gasteiger partial charge in [-0.05, 0) is 13.0 Å². The third-order valence-electron chi connectivity index (χ3n) is 3.84. The Kier molecular flexibility index (Phi) is 3.52. The van der Waals surface area contributed by atoms with Crippen LogP contribution in [0.2, 0.25) is 0 Å². The Hall–Kier alpha value is -0.870. The number of hydrogen-bond acceptors (Lipinski definition) is 3. The van der Waals surface area contributed by atoms with Crippen molar-refractivity contribution >= 4 is 0 Å². The molecule has 0 bridgehead atoms. The van der Waals surface area contributed by atoms with Crippen LogP contribution in [0, 0.1) is 0 Å². The molecule has 4 heteroatoms. The fraction of sp³-hybridized carbons (Fsp3) is 0.786. The van der Waals surface area contributed by atoms with Crippen LogP contribution >= 0.6 is 0 Å². The lowest BCUT2D eigenvalue weighted by molar-refractivity contribution is 0.258. The third-order valence-corrected chi connectivity index (χ3v) is 3.84. The molecule has 1 fully saturated rings. The second-order valence-electron chi connectivity index (χ2n) is 6.38. The number of hydrogen-bond donors (Lipinski definition) is 1. The molecule has 1 saturated heterocycles. The second kappa shape index (κ2) is 4.67. The number of likely N-dealkylation sites (tertiary alicyclic amines) is 1. The summed E-state index contributed by atoms with van der Waals surface area (Å²) in [6.07, 6.45) is 3.23. The Morgan fingerprint density at radius 2 is 2.11 bits per heavy atom. The summed E-state index contributed by atoms with van der Waals surface area (Å²) in [6.45, 7) is 11.0. The van der Waals surface area contributed by atoms with Crippen molar-refractivity contribution in [2.75, 3.05) is 13.1 Å². The van der Waals surface area contributed by atoms with Gasteiger partial charge in [0.15, 0.2) is 0 Å². The predicted molar refractivity (Wildman–Crippen MR) is 74.5 cm³/mol. The lowest BCUT2D eigenvalue weighted by Crippen LogP contribution is -2.33. The van der Waals surface area contributed by atoms with Crippen LogP contribution in [-0.2, 0) is 12.5 Å². The molecule has 0 amide bonds. The minimum absolute atomic E-state index is 0.0678. The van der Waals surface area contributed by atoms with E-state index in [4.69, 9.17) is 5.73 Å². The highest BCUT2D eigenvalue weighted by Gasteiger charge is 2.36. The van der Waals surface area contributed by atoms with Gasteiger partial charge in [-0.2, -0.15) is 5.10 Å². The van der Waals surface area contributed by atoms with Crippen molar-refractivity contribution in [2.24, 2.45) is 12.8 Å². The molecule has 0 aromatic carbocycles. The van der Waals surface area contributed by atoms with Gasteiger partial charge in [-0.15, -0.1) is 0 Å². The van der Waals surface area contributed by atoms with Crippen molar-refractivity contribution < 1.29 is 0 Å². The summed E-state index contributed by atoms with van der Waals surface area (Å²) in [5.41, 5.74) is 8.89. The molecular formula is C14H26N4. The molecule has 0 saturated carbocycles. The first-order valence-corrected chi connectivity index (χ1v) is 6.88. The van der Waals surface area contributed by atoms with Gasteiger partial charge in [-0.3, -0.25) is 9.58 Å². The summed E-state index contributed by atoms with van der Waals surface area (Å²) < 4.78 is 1.93. The highest BCUT2D eigenvalue weighted by molar-refractivity contribution is 5.29. The lowest BCUT2D eigenvalue weighted by atomic mass is 9.86. The van der Waals surface area contributed by atoms with Crippen molar-refractivity contribution in [3.63, 3.8) is 0 Å². The smallest absolute Gasteiger partial charge is 0.0726 e. The maximum absolute atomic E-state index is 6.32. The molecule has 2 N–H and O–H groups in total. The van der Waals surface area contributed by atoms with E-state index in [2.05, 4.69) is 43.9 Å². The van der Waals surface area contributed by atoms with Crippen LogP contribution in [0.4, 0.5) is 0 Å². The van der Waals surface area contributed by atoms with E-state index in [-0.39, 0.29) is 11.5 Å². The molecule has 4 nitrogen and oxygen atoms in total. The van der Waals surface area contributed by atoms with E-state index in [9.17, 15) is 0 Å². The largest absolute Gasteiger partial charge is 0.326 e. The Morgan fingerprint density at radius 3 is 2.67 bits per heavy atom. The maximum atomic E-state index is 6.32. The van der Waals surface area contributed by atoms with Gasteiger partial charge >= 0.3 is 0 Å². The van der Waals surface area contributed by atoms with E-state index in [1.54, 1.807) is 0 Å². The molecular weight excluding hydrogens is 224 g/mol. The van der Waals surface area contributed by atoms with Crippen LogP contribution in [0.5, 0.6) is 0 Å². The van der Waals surface area contributed by atoms with Crippen molar-refractivity contribution in [1.29, 1.82) is 0 Å². The fourth-order valence-electron chi connectivity index (χ4n) is 2.97. The summed E-state index contributed by atoms with van der Waals surface area (Å²) in [4.78, 5) is 2.47. The van der Waals surface area contributed by atoms with Crippen LogP contribution in [0.3, 0.4) is 0 Å². The fourth-order valence-corrected chi connectivity index (χ4v) is 2.97. The van der Waals surface area contributed by atoms with Crippen molar-refractivity contribution in [1.82, 2.24) is 14.7 Å². The van der Waals surface area contributed by atoms with Crippen molar-refractivity contribution in [3.8, 4) is 0 Å². The van der Waals surface area contributed by atoms with Gasteiger partial charge in [0.2, 0.25) is 0 Å². The zero-order chi connectivity index (χ0) is 13.5. The second-order valence-corrected chi connectivity index (χ2v) is 6.38. The van der Waals surface area contributed by atoms with Crippen LogP contribution < -0.4 is 5.73 Å². The lowest BCUT2D eigenvalue weighted by Gasteiger charge is -2.28. The molecule has 2 atom stereocenters. The van der Waals surface area contributed by atoms with Crippen LogP contribution in [0.25, 0.3) is 0 Å². The monoisotopic (exact) mass is 250 g/mol. The number of likely N-dealkylation sites (N-methyl/N-ethyl adjacent to an activating group) is 1. The number of aryl methyl sites for hydroxylation is 1. The average molecular weight is 250 g/mol. The molecule has 18 heavy (non-hydrogen) atoms. The molecule has 0 spiro atoms. The quantitative estimate of drug-likeness (QED) is 0.871. The van der Waals surface area contributed by atoms with E-state index in [1.807, 2.05) is 11.7 Å². The van der Waals surface area contributed by atoms with Gasteiger partial charge < -0.3 is 5.73 Å². The zero-order valence-electron chi connectivity index (χ0n) is 12.3. The molecule has 1 aliphatic heterocycles. The molecule has 2 rings (SSSR count). The topological polar surface area (TPSA) is 47.1 Å².